The van der Waals surface area contributed by atoms with Gasteiger partial charge >= 0.3 is 0 Å². The number of rotatable bonds is 6. The van der Waals surface area contributed by atoms with Gasteiger partial charge in [-0.3, -0.25) is 19.3 Å². The van der Waals surface area contributed by atoms with E-state index in [1.54, 1.807) is 55.5 Å². The Bertz CT molecular complexity index is 797. The van der Waals surface area contributed by atoms with Crippen molar-refractivity contribution in [3.8, 4) is 5.75 Å². The highest BCUT2D eigenvalue weighted by atomic mass is 16.5. The van der Waals surface area contributed by atoms with Gasteiger partial charge in [-0.25, -0.2) is 0 Å². The summed E-state index contributed by atoms with van der Waals surface area (Å²) in [5, 5.41) is 2.75. The number of fused-ring (bicyclic) bond motifs is 1. The molecular weight excluding hydrogens is 320 g/mol. The lowest BCUT2D eigenvalue weighted by Crippen LogP contribution is -2.33. The lowest BCUT2D eigenvalue weighted by Gasteiger charge is -2.15. The normalized spacial score (nSPS) is 12.9. The maximum atomic E-state index is 12.3. The molecule has 0 aliphatic carbocycles. The highest BCUT2D eigenvalue weighted by molar-refractivity contribution is 6.21. The van der Waals surface area contributed by atoms with Crippen molar-refractivity contribution in [1.29, 1.82) is 0 Å². The van der Waals surface area contributed by atoms with Gasteiger partial charge in [-0.15, -0.1) is 0 Å². The van der Waals surface area contributed by atoms with Crippen molar-refractivity contribution in [3.63, 3.8) is 0 Å². The summed E-state index contributed by atoms with van der Waals surface area (Å²) < 4.78 is 5.62. The van der Waals surface area contributed by atoms with E-state index in [2.05, 4.69) is 5.32 Å². The number of ether oxygens (including phenoxy) is 1. The summed E-state index contributed by atoms with van der Waals surface area (Å²) in [5.74, 6) is -0.116. The first-order valence-corrected chi connectivity index (χ1v) is 8.08. The number of hydrogen-bond acceptors (Lipinski definition) is 4. The summed E-state index contributed by atoms with van der Waals surface area (Å²) in [6.45, 7) is 2.12. The molecule has 0 saturated carbocycles. The van der Waals surface area contributed by atoms with E-state index in [1.807, 2.05) is 0 Å². The Hall–Kier alpha value is -3.15. The van der Waals surface area contributed by atoms with Crippen LogP contribution in [0.5, 0.6) is 5.75 Å². The minimum Gasteiger partial charge on any atom is -0.492 e. The minimum atomic E-state index is -0.298. The molecule has 1 aliphatic rings. The summed E-state index contributed by atoms with van der Waals surface area (Å²) in [6.07, 6.45) is 0.394. The highest BCUT2D eigenvalue weighted by Gasteiger charge is 2.34. The van der Waals surface area contributed by atoms with E-state index in [4.69, 9.17) is 4.74 Å². The summed E-state index contributed by atoms with van der Waals surface area (Å²) >= 11 is 0. The van der Waals surface area contributed by atoms with E-state index in [0.717, 1.165) is 0 Å². The maximum Gasteiger partial charge on any atom is 0.261 e. The molecule has 0 atom stereocenters. The number of nitrogens with zero attached hydrogens (tertiary/aromatic N) is 1. The van der Waals surface area contributed by atoms with Crippen LogP contribution in [0.25, 0.3) is 0 Å². The quantitative estimate of drug-likeness (QED) is 0.822. The van der Waals surface area contributed by atoms with Crippen molar-refractivity contribution in [1.82, 2.24) is 4.90 Å². The number of hydrogen-bond donors (Lipinski definition) is 1. The first kappa shape index (κ1) is 16.7. The van der Waals surface area contributed by atoms with E-state index >= 15 is 0 Å². The van der Waals surface area contributed by atoms with Crippen LogP contribution in [0.1, 0.15) is 34.1 Å². The van der Waals surface area contributed by atoms with Crippen LogP contribution >= 0.6 is 0 Å². The van der Waals surface area contributed by atoms with E-state index in [0.29, 0.717) is 29.0 Å². The van der Waals surface area contributed by atoms with Crippen molar-refractivity contribution in [2.24, 2.45) is 0 Å². The van der Waals surface area contributed by atoms with Gasteiger partial charge in [0, 0.05) is 18.2 Å². The smallest absolute Gasteiger partial charge is 0.261 e. The van der Waals surface area contributed by atoms with Gasteiger partial charge in [0.2, 0.25) is 5.91 Å². The standard InChI is InChI=1S/C19H18N2O4/c1-2-17(22)20-13-6-5-7-14(12-13)25-11-10-21-18(23)15-8-3-4-9-16(15)19(21)24/h3-9,12H,2,10-11H2,1H3,(H,20,22). The Balaban J connectivity index is 1.59. The molecule has 0 radical (unpaired) electrons. The van der Waals surface area contributed by atoms with Crippen LogP contribution in [-0.2, 0) is 4.79 Å². The molecular formula is C19H18N2O4. The topological polar surface area (TPSA) is 75.7 Å². The second kappa shape index (κ2) is 7.17. The largest absolute Gasteiger partial charge is 0.492 e. The lowest BCUT2D eigenvalue weighted by molar-refractivity contribution is -0.115. The minimum absolute atomic E-state index is 0.0804. The fourth-order valence-corrected chi connectivity index (χ4v) is 2.61. The van der Waals surface area contributed by atoms with Gasteiger partial charge < -0.3 is 10.1 Å². The molecule has 0 aromatic heterocycles. The van der Waals surface area contributed by atoms with Crippen molar-refractivity contribution in [3.05, 3.63) is 59.7 Å². The summed E-state index contributed by atoms with van der Waals surface area (Å²) in [5.41, 5.74) is 1.50. The number of anilines is 1. The number of benzene rings is 2. The summed E-state index contributed by atoms with van der Waals surface area (Å²) in [7, 11) is 0. The predicted molar refractivity (Wildman–Crippen MR) is 92.7 cm³/mol. The third-order valence-corrected chi connectivity index (χ3v) is 3.90. The maximum absolute atomic E-state index is 12.3. The van der Waals surface area contributed by atoms with Crippen LogP contribution in [0.2, 0.25) is 0 Å². The third-order valence-electron chi connectivity index (χ3n) is 3.90. The van der Waals surface area contributed by atoms with Crippen LogP contribution in [-0.4, -0.2) is 35.8 Å². The Morgan fingerprint density at radius 2 is 1.72 bits per heavy atom. The molecule has 2 aromatic rings. The Morgan fingerprint density at radius 1 is 1.04 bits per heavy atom. The van der Waals surface area contributed by atoms with Crippen LogP contribution in [0.3, 0.4) is 0 Å². The average molecular weight is 338 g/mol. The third kappa shape index (κ3) is 3.52. The monoisotopic (exact) mass is 338 g/mol. The Kier molecular flexibility index (Phi) is 4.79. The fourth-order valence-electron chi connectivity index (χ4n) is 2.61. The predicted octanol–water partition coefficient (Wildman–Crippen LogP) is 2.71. The highest BCUT2D eigenvalue weighted by Crippen LogP contribution is 2.22. The molecule has 128 valence electrons. The molecule has 6 heteroatoms. The molecule has 3 rings (SSSR count). The van der Waals surface area contributed by atoms with Crippen LogP contribution in [0, 0.1) is 0 Å². The molecule has 0 unspecified atom stereocenters. The number of imide groups is 1. The molecule has 6 nitrogen and oxygen atoms in total. The van der Waals surface area contributed by atoms with Crippen LogP contribution in [0.15, 0.2) is 48.5 Å². The van der Waals surface area contributed by atoms with E-state index in [-0.39, 0.29) is 30.9 Å². The second-order valence-corrected chi connectivity index (χ2v) is 5.59. The zero-order valence-corrected chi connectivity index (χ0v) is 13.8. The zero-order chi connectivity index (χ0) is 17.8. The van der Waals surface area contributed by atoms with Crippen LogP contribution < -0.4 is 10.1 Å². The lowest BCUT2D eigenvalue weighted by atomic mass is 10.1. The van der Waals surface area contributed by atoms with Gasteiger partial charge in [0.25, 0.3) is 11.8 Å². The van der Waals surface area contributed by atoms with Gasteiger partial charge in [-0.05, 0) is 24.3 Å². The van der Waals surface area contributed by atoms with Crippen molar-refractivity contribution < 1.29 is 19.1 Å². The van der Waals surface area contributed by atoms with E-state index in [9.17, 15) is 14.4 Å². The fraction of sp³-hybridized carbons (Fsp3) is 0.211. The SMILES string of the molecule is CCC(=O)Nc1cccc(OCCN2C(=O)c3ccccc3C2=O)c1. The average Bonchev–Trinajstić information content (AvgIpc) is 2.87. The van der Waals surface area contributed by atoms with Crippen molar-refractivity contribution >= 4 is 23.4 Å². The molecule has 0 saturated heterocycles. The van der Waals surface area contributed by atoms with E-state index in [1.165, 1.54) is 4.90 Å². The van der Waals surface area contributed by atoms with Crippen LogP contribution in [0.4, 0.5) is 5.69 Å². The molecule has 25 heavy (non-hydrogen) atoms. The first-order valence-electron chi connectivity index (χ1n) is 8.08. The summed E-state index contributed by atoms with van der Waals surface area (Å²) in [6, 6.07) is 13.8. The molecule has 1 aliphatic heterocycles. The Morgan fingerprint density at radius 3 is 2.36 bits per heavy atom. The van der Waals surface area contributed by atoms with Gasteiger partial charge in [0.15, 0.2) is 0 Å². The number of amides is 3. The zero-order valence-electron chi connectivity index (χ0n) is 13.8. The molecule has 0 spiro atoms. The van der Waals surface area contributed by atoms with Crippen molar-refractivity contribution in [2.75, 3.05) is 18.5 Å². The molecule has 1 N–H and O–H groups in total. The Labute approximate surface area is 145 Å². The first-order chi connectivity index (χ1) is 12.1. The molecule has 0 fully saturated rings. The number of nitrogens with one attached hydrogen (secondary N) is 1. The van der Waals surface area contributed by atoms with Gasteiger partial charge in [0.1, 0.15) is 12.4 Å². The molecule has 0 bridgehead atoms. The number of carbonyl (C=O) groups excluding carboxylic acids is 3. The molecule has 3 amide bonds. The number of carbonyl (C=O) groups is 3. The van der Waals surface area contributed by atoms with Gasteiger partial charge in [0.05, 0.1) is 17.7 Å². The van der Waals surface area contributed by atoms with Crippen molar-refractivity contribution in [2.45, 2.75) is 13.3 Å². The summed E-state index contributed by atoms with van der Waals surface area (Å²) in [4.78, 5) is 37.1. The van der Waals surface area contributed by atoms with Gasteiger partial charge in [-0.2, -0.15) is 0 Å². The second-order valence-electron chi connectivity index (χ2n) is 5.59. The molecule has 1 heterocycles. The van der Waals surface area contributed by atoms with E-state index < -0.39 is 0 Å². The van der Waals surface area contributed by atoms with Gasteiger partial charge in [-0.1, -0.05) is 25.1 Å². The molecule has 2 aromatic carbocycles.